The predicted molar refractivity (Wildman–Crippen MR) is 118 cm³/mol. The van der Waals surface area contributed by atoms with Crippen LogP contribution in [0.2, 0.25) is 0 Å². The number of hydrogen-bond acceptors (Lipinski definition) is 8. The highest BCUT2D eigenvalue weighted by Crippen LogP contribution is 2.45. The molecule has 10 nitrogen and oxygen atoms in total. The smallest absolute Gasteiger partial charge is 0.240 e. The first-order valence-corrected chi connectivity index (χ1v) is 10.5. The fraction of sp³-hybridized carbons (Fsp3) is 0.273. The Morgan fingerprint density at radius 3 is 2.85 bits per heavy atom. The van der Waals surface area contributed by atoms with Gasteiger partial charge in [-0.05, 0) is 37.5 Å². The summed E-state index contributed by atoms with van der Waals surface area (Å²) in [4.78, 5) is 30.9. The highest BCUT2D eigenvalue weighted by Gasteiger charge is 2.48. The first-order chi connectivity index (χ1) is 15.8. The molecule has 1 atom stereocenters. The first kappa shape index (κ1) is 20.7. The summed E-state index contributed by atoms with van der Waals surface area (Å²) in [5, 5.41) is 16.5. The molecule has 0 spiro atoms. The van der Waals surface area contributed by atoms with E-state index in [1.165, 1.54) is 18.5 Å². The number of amides is 1. The lowest BCUT2D eigenvalue weighted by Gasteiger charge is -2.23. The Morgan fingerprint density at radius 2 is 2.09 bits per heavy atom. The standard InChI is InChI=1S/C22H21FN8O2/c1-3-4-5-13-20-25-10-26-31(20)9-14(27-13)18-28-17(24)16-19(29-18)30-21(33)22(16,2)11-6-7-15(32)12(23)8-11/h6-10,32H,3-5H2,1-2H3,(H3,24,28,29,30,33). The van der Waals surface area contributed by atoms with Crippen molar-refractivity contribution in [3.8, 4) is 17.3 Å². The molecule has 0 saturated heterocycles. The second kappa shape index (κ2) is 7.47. The number of aromatic nitrogens is 6. The molecule has 0 aliphatic carbocycles. The molecular weight excluding hydrogens is 427 g/mol. The van der Waals surface area contributed by atoms with E-state index in [4.69, 9.17) is 5.73 Å². The molecule has 0 saturated carbocycles. The Balaban J connectivity index is 1.64. The number of nitrogen functional groups attached to an aromatic ring is 1. The Bertz CT molecular complexity index is 1420. The molecule has 0 radical (unpaired) electrons. The molecule has 1 aliphatic rings. The first-order valence-electron chi connectivity index (χ1n) is 10.5. The van der Waals surface area contributed by atoms with Gasteiger partial charge < -0.3 is 16.2 Å². The summed E-state index contributed by atoms with van der Waals surface area (Å²) < 4.78 is 15.7. The van der Waals surface area contributed by atoms with E-state index >= 15 is 0 Å². The maximum absolute atomic E-state index is 14.1. The van der Waals surface area contributed by atoms with Crippen molar-refractivity contribution in [2.75, 3.05) is 11.1 Å². The number of aromatic hydroxyl groups is 1. The van der Waals surface area contributed by atoms with Crippen LogP contribution in [-0.2, 0) is 16.6 Å². The van der Waals surface area contributed by atoms with Gasteiger partial charge in [-0.1, -0.05) is 19.4 Å². The summed E-state index contributed by atoms with van der Waals surface area (Å²) >= 11 is 0. The quantitative estimate of drug-likeness (QED) is 0.423. The van der Waals surface area contributed by atoms with Crippen LogP contribution in [0.4, 0.5) is 16.0 Å². The number of fused-ring (bicyclic) bond motifs is 2. The number of nitrogens with one attached hydrogen (secondary N) is 1. The van der Waals surface area contributed by atoms with Gasteiger partial charge in [0.05, 0.1) is 17.5 Å². The van der Waals surface area contributed by atoms with Crippen LogP contribution in [0.1, 0.15) is 43.5 Å². The maximum Gasteiger partial charge on any atom is 0.240 e. The number of carbonyl (C=O) groups is 1. The number of carbonyl (C=O) groups excluding carboxylic acids is 1. The number of halogens is 1. The van der Waals surface area contributed by atoms with Crippen LogP contribution in [0.15, 0.2) is 30.7 Å². The van der Waals surface area contributed by atoms with Gasteiger partial charge in [0.15, 0.2) is 23.0 Å². The van der Waals surface area contributed by atoms with E-state index in [9.17, 15) is 14.3 Å². The fourth-order valence-electron chi connectivity index (χ4n) is 4.13. The van der Waals surface area contributed by atoms with E-state index in [-0.39, 0.29) is 17.5 Å². The monoisotopic (exact) mass is 448 g/mol. The number of benzene rings is 1. The average molecular weight is 448 g/mol. The predicted octanol–water partition coefficient (Wildman–Crippen LogP) is 2.61. The zero-order valence-electron chi connectivity index (χ0n) is 18.0. The van der Waals surface area contributed by atoms with Crippen LogP contribution in [0.5, 0.6) is 5.75 Å². The summed E-state index contributed by atoms with van der Waals surface area (Å²) in [6.45, 7) is 3.71. The zero-order valence-corrected chi connectivity index (χ0v) is 18.0. The molecule has 11 heteroatoms. The molecule has 1 aromatic carbocycles. The van der Waals surface area contributed by atoms with Gasteiger partial charge >= 0.3 is 0 Å². The van der Waals surface area contributed by atoms with Crippen LogP contribution < -0.4 is 11.1 Å². The van der Waals surface area contributed by atoms with E-state index in [2.05, 4.69) is 37.3 Å². The van der Waals surface area contributed by atoms with Gasteiger partial charge in [-0.2, -0.15) is 5.10 Å². The van der Waals surface area contributed by atoms with Crippen molar-refractivity contribution >= 4 is 23.2 Å². The number of aryl methyl sites for hydroxylation is 1. The average Bonchev–Trinajstić information content (AvgIpc) is 3.37. The lowest BCUT2D eigenvalue weighted by molar-refractivity contribution is -0.119. The third-order valence-corrected chi connectivity index (χ3v) is 5.98. The largest absolute Gasteiger partial charge is 0.505 e. The molecule has 4 heterocycles. The van der Waals surface area contributed by atoms with Gasteiger partial charge in [-0.25, -0.2) is 28.8 Å². The molecule has 4 aromatic rings. The number of nitrogens with zero attached hydrogens (tertiary/aromatic N) is 6. The lowest BCUT2D eigenvalue weighted by Crippen LogP contribution is -2.33. The Kier molecular flexibility index (Phi) is 4.69. The minimum Gasteiger partial charge on any atom is -0.505 e. The summed E-state index contributed by atoms with van der Waals surface area (Å²) in [7, 11) is 0. The van der Waals surface area contributed by atoms with Crippen LogP contribution in [0, 0.1) is 5.82 Å². The van der Waals surface area contributed by atoms with Crippen LogP contribution in [0.25, 0.3) is 17.2 Å². The number of unbranched alkanes of at least 4 members (excludes halogenated alkanes) is 1. The topological polar surface area (TPSA) is 144 Å². The normalized spacial score (nSPS) is 17.4. The highest BCUT2D eigenvalue weighted by atomic mass is 19.1. The molecule has 33 heavy (non-hydrogen) atoms. The van der Waals surface area contributed by atoms with Crippen molar-refractivity contribution in [2.45, 2.75) is 38.5 Å². The van der Waals surface area contributed by atoms with Gasteiger partial charge in [0.1, 0.15) is 29.1 Å². The summed E-state index contributed by atoms with van der Waals surface area (Å²) in [5.41, 5.74) is 7.51. The zero-order chi connectivity index (χ0) is 23.3. The third-order valence-electron chi connectivity index (χ3n) is 5.98. The number of anilines is 2. The molecule has 1 aliphatic heterocycles. The molecule has 1 amide bonds. The lowest BCUT2D eigenvalue weighted by atomic mass is 9.77. The van der Waals surface area contributed by atoms with Crippen molar-refractivity contribution in [1.82, 2.24) is 29.5 Å². The van der Waals surface area contributed by atoms with Gasteiger partial charge in [0, 0.05) is 0 Å². The number of phenols is 1. The second-order valence-electron chi connectivity index (χ2n) is 8.11. The molecule has 168 valence electrons. The Labute approximate surface area is 187 Å². The van der Waals surface area contributed by atoms with Crippen molar-refractivity contribution in [3.05, 3.63) is 53.4 Å². The summed E-state index contributed by atoms with van der Waals surface area (Å²) in [6.07, 6.45) is 5.76. The molecule has 0 fully saturated rings. The number of phenolic OH excluding ortho intramolecular Hbond substituents is 1. The van der Waals surface area contributed by atoms with Crippen LogP contribution in [-0.4, -0.2) is 40.6 Å². The van der Waals surface area contributed by atoms with Gasteiger partial charge in [0.2, 0.25) is 5.91 Å². The van der Waals surface area contributed by atoms with Gasteiger partial charge in [-0.3, -0.25) is 4.79 Å². The SMILES string of the molecule is CCCCc1nc(-c2nc(N)c3c(n2)NC(=O)C3(C)c2ccc(O)c(F)c2)cn2ncnc12. The minimum absolute atomic E-state index is 0.0694. The maximum atomic E-state index is 14.1. The fourth-order valence-corrected chi connectivity index (χ4v) is 4.13. The third kappa shape index (κ3) is 3.15. The number of rotatable bonds is 5. The van der Waals surface area contributed by atoms with E-state index in [0.29, 0.717) is 28.9 Å². The summed E-state index contributed by atoms with van der Waals surface area (Å²) in [5.74, 6) is -1.24. The van der Waals surface area contributed by atoms with Crippen LogP contribution >= 0.6 is 0 Å². The van der Waals surface area contributed by atoms with E-state index < -0.39 is 22.9 Å². The highest BCUT2D eigenvalue weighted by molar-refractivity contribution is 6.09. The second-order valence-corrected chi connectivity index (χ2v) is 8.11. The van der Waals surface area contributed by atoms with E-state index in [1.807, 2.05) is 0 Å². The number of hydrogen-bond donors (Lipinski definition) is 3. The summed E-state index contributed by atoms with van der Waals surface area (Å²) in [6, 6.07) is 3.78. The molecular formula is C22H21FN8O2. The Morgan fingerprint density at radius 1 is 1.27 bits per heavy atom. The molecule has 4 N–H and O–H groups in total. The minimum atomic E-state index is -1.33. The molecule has 3 aromatic heterocycles. The molecule has 0 bridgehead atoms. The van der Waals surface area contributed by atoms with Crippen molar-refractivity contribution < 1.29 is 14.3 Å². The van der Waals surface area contributed by atoms with Gasteiger partial charge in [0.25, 0.3) is 0 Å². The molecule has 5 rings (SSSR count). The van der Waals surface area contributed by atoms with Crippen LogP contribution in [0.3, 0.4) is 0 Å². The van der Waals surface area contributed by atoms with Gasteiger partial charge in [-0.15, -0.1) is 0 Å². The van der Waals surface area contributed by atoms with Crippen molar-refractivity contribution in [1.29, 1.82) is 0 Å². The van der Waals surface area contributed by atoms with Crippen molar-refractivity contribution in [3.63, 3.8) is 0 Å². The van der Waals surface area contributed by atoms with E-state index in [1.54, 1.807) is 17.6 Å². The van der Waals surface area contributed by atoms with Crippen molar-refractivity contribution in [2.24, 2.45) is 0 Å². The number of nitrogens with two attached hydrogens (primary N) is 1. The van der Waals surface area contributed by atoms with E-state index in [0.717, 1.165) is 24.6 Å². The Hall–Kier alpha value is -4.15. The molecule has 1 unspecified atom stereocenters.